The summed E-state index contributed by atoms with van der Waals surface area (Å²) in [4.78, 5) is 0. The van der Waals surface area contributed by atoms with Crippen molar-refractivity contribution >= 4 is 0 Å². The average molecular weight is 563 g/mol. The van der Waals surface area contributed by atoms with Crippen molar-refractivity contribution in [2.45, 2.75) is 82.8 Å². The van der Waals surface area contributed by atoms with Crippen molar-refractivity contribution in [1.29, 1.82) is 0 Å². The zero-order valence-electron chi connectivity index (χ0n) is 25.4. The quantitative estimate of drug-likeness (QED) is 0.105. The summed E-state index contributed by atoms with van der Waals surface area (Å²) >= 11 is 0. The predicted octanol–water partition coefficient (Wildman–Crippen LogP) is 8.31. The Morgan fingerprint density at radius 3 is 1.54 bits per heavy atom. The topological polar surface area (TPSA) is 57.2 Å². The lowest BCUT2D eigenvalue weighted by molar-refractivity contribution is -0.0641. The molecule has 41 heavy (non-hydrogen) atoms. The SMILES string of the molecule is CCCCCCCCCCCCOCC(O)COC(c1ccccc1)(c1ccc(OC)cc1)c1ccc(OC)cc1. The molecule has 0 saturated heterocycles. The first-order valence-corrected chi connectivity index (χ1v) is 15.4. The van der Waals surface area contributed by atoms with Crippen LogP contribution in [0.5, 0.6) is 11.5 Å². The summed E-state index contributed by atoms with van der Waals surface area (Å²) in [5.74, 6) is 1.54. The van der Waals surface area contributed by atoms with Gasteiger partial charge in [-0.15, -0.1) is 0 Å². The zero-order chi connectivity index (χ0) is 29.2. The molecule has 5 nitrogen and oxygen atoms in total. The number of hydrogen-bond donors (Lipinski definition) is 1. The number of methoxy groups -OCH3 is 2. The molecule has 0 aliphatic rings. The highest BCUT2D eigenvalue weighted by Crippen LogP contribution is 2.41. The highest BCUT2D eigenvalue weighted by atomic mass is 16.5. The van der Waals surface area contributed by atoms with Gasteiger partial charge in [-0.3, -0.25) is 0 Å². The Bertz CT molecular complexity index is 1020. The van der Waals surface area contributed by atoms with Gasteiger partial charge in [-0.2, -0.15) is 0 Å². The molecule has 0 amide bonds. The molecular weight excluding hydrogens is 512 g/mol. The van der Waals surface area contributed by atoms with Gasteiger partial charge in [-0.05, 0) is 47.4 Å². The maximum atomic E-state index is 10.9. The first kappa shape index (κ1) is 32.7. The summed E-state index contributed by atoms with van der Waals surface area (Å²) in [7, 11) is 3.32. The Kier molecular flexibility index (Phi) is 14.8. The summed E-state index contributed by atoms with van der Waals surface area (Å²) in [6, 6.07) is 25.9. The van der Waals surface area contributed by atoms with E-state index in [0.29, 0.717) is 6.61 Å². The Morgan fingerprint density at radius 1 is 0.585 bits per heavy atom. The lowest BCUT2D eigenvalue weighted by Gasteiger charge is -2.36. The highest BCUT2D eigenvalue weighted by Gasteiger charge is 2.38. The van der Waals surface area contributed by atoms with E-state index in [1.54, 1.807) is 14.2 Å². The van der Waals surface area contributed by atoms with Crippen LogP contribution in [0.1, 0.15) is 87.8 Å². The summed E-state index contributed by atoms with van der Waals surface area (Å²) < 4.78 is 23.4. The fourth-order valence-corrected chi connectivity index (χ4v) is 5.25. The first-order valence-electron chi connectivity index (χ1n) is 15.4. The second-order valence-corrected chi connectivity index (χ2v) is 10.7. The van der Waals surface area contributed by atoms with Crippen LogP contribution in [0.3, 0.4) is 0 Å². The van der Waals surface area contributed by atoms with Crippen LogP contribution in [0.15, 0.2) is 78.9 Å². The molecule has 3 aromatic rings. The van der Waals surface area contributed by atoms with E-state index < -0.39 is 11.7 Å². The lowest BCUT2D eigenvalue weighted by Crippen LogP contribution is -2.36. The minimum atomic E-state index is -0.947. The van der Waals surface area contributed by atoms with Gasteiger partial charge in [0.2, 0.25) is 0 Å². The molecule has 0 heterocycles. The first-order chi connectivity index (χ1) is 20.1. The third-order valence-electron chi connectivity index (χ3n) is 7.62. The number of rotatable bonds is 21. The maximum absolute atomic E-state index is 10.9. The van der Waals surface area contributed by atoms with Gasteiger partial charge in [0.1, 0.15) is 23.2 Å². The number of aliphatic hydroxyl groups is 1. The maximum Gasteiger partial charge on any atom is 0.143 e. The standard InChI is InChI=1S/C36H50O5/c1-4-5-6-7-8-9-10-11-12-16-27-40-28-33(37)29-41-36(30-17-14-13-15-18-30,31-19-23-34(38-2)24-20-31)32-21-25-35(39-3)26-22-32/h13-15,17-26,33,37H,4-12,16,27-29H2,1-3H3. The van der Waals surface area contributed by atoms with Crippen molar-refractivity contribution in [3.05, 3.63) is 95.6 Å². The Labute approximate surface area is 247 Å². The van der Waals surface area contributed by atoms with Crippen LogP contribution in [0, 0.1) is 0 Å². The molecule has 0 aliphatic carbocycles. The lowest BCUT2D eigenvalue weighted by atomic mass is 9.80. The van der Waals surface area contributed by atoms with Crippen molar-refractivity contribution in [2.24, 2.45) is 0 Å². The second-order valence-electron chi connectivity index (χ2n) is 10.7. The molecule has 1 atom stereocenters. The van der Waals surface area contributed by atoms with E-state index in [1.807, 2.05) is 66.7 Å². The smallest absolute Gasteiger partial charge is 0.143 e. The van der Waals surface area contributed by atoms with E-state index in [2.05, 4.69) is 19.1 Å². The summed E-state index contributed by atoms with van der Waals surface area (Å²) in [6.45, 7) is 3.28. The largest absolute Gasteiger partial charge is 0.497 e. The predicted molar refractivity (Wildman–Crippen MR) is 167 cm³/mol. The van der Waals surface area contributed by atoms with Crippen LogP contribution >= 0.6 is 0 Å². The van der Waals surface area contributed by atoms with Gasteiger partial charge in [0, 0.05) is 6.61 Å². The van der Waals surface area contributed by atoms with E-state index in [0.717, 1.165) is 34.6 Å². The minimum absolute atomic E-state index is 0.116. The Hall–Kier alpha value is -2.86. The van der Waals surface area contributed by atoms with Crippen LogP contribution in [0.2, 0.25) is 0 Å². The van der Waals surface area contributed by atoms with Crippen LogP contribution in [-0.4, -0.2) is 45.3 Å². The van der Waals surface area contributed by atoms with Gasteiger partial charge in [-0.1, -0.05) is 119 Å². The molecule has 0 saturated carbocycles. The van der Waals surface area contributed by atoms with Gasteiger partial charge in [0.15, 0.2) is 0 Å². The second kappa shape index (κ2) is 18.5. The molecule has 0 bridgehead atoms. The molecule has 0 radical (unpaired) electrons. The van der Waals surface area contributed by atoms with E-state index in [9.17, 15) is 5.11 Å². The van der Waals surface area contributed by atoms with Crippen LogP contribution in [0.25, 0.3) is 0 Å². The van der Waals surface area contributed by atoms with E-state index in [-0.39, 0.29) is 13.2 Å². The molecule has 1 N–H and O–H groups in total. The molecular formula is C36H50O5. The zero-order valence-corrected chi connectivity index (χ0v) is 25.4. The molecule has 3 rings (SSSR count). The van der Waals surface area contributed by atoms with E-state index in [1.165, 1.54) is 57.8 Å². The molecule has 0 aromatic heterocycles. The Morgan fingerprint density at radius 2 is 1.05 bits per heavy atom. The van der Waals surface area contributed by atoms with E-state index in [4.69, 9.17) is 18.9 Å². The number of aliphatic hydroxyl groups excluding tert-OH is 1. The minimum Gasteiger partial charge on any atom is -0.497 e. The normalized spacial score (nSPS) is 12.3. The third-order valence-corrected chi connectivity index (χ3v) is 7.62. The molecule has 0 spiro atoms. The van der Waals surface area contributed by atoms with Gasteiger partial charge < -0.3 is 24.1 Å². The van der Waals surface area contributed by atoms with Crippen molar-refractivity contribution in [1.82, 2.24) is 0 Å². The number of unbranched alkanes of at least 4 members (excludes halogenated alkanes) is 9. The van der Waals surface area contributed by atoms with Crippen molar-refractivity contribution in [2.75, 3.05) is 34.0 Å². The van der Waals surface area contributed by atoms with Gasteiger partial charge in [0.05, 0.1) is 27.4 Å². The number of hydrogen-bond acceptors (Lipinski definition) is 5. The van der Waals surface area contributed by atoms with Gasteiger partial charge >= 0.3 is 0 Å². The van der Waals surface area contributed by atoms with Crippen molar-refractivity contribution in [3.63, 3.8) is 0 Å². The van der Waals surface area contributed by atoms with Gasteiger partial charge in [-0.25, -0.2) is 0 Å². The summed E-state index contributed by atoms with van der Waals surface area (Å²) in [6.07, 6.45) is 12.1. The molecule has 0 aliphatic heterocycles. The third kappa shape index (κ3) is 10.2. The fourth-order valence-electron chi connectivity index (χ4n) is 5.25. The molecule has 3 aromatic carbocycles. The van der Waals surface area contributed by atoms with Gasteiger partial charge in [0.25, 0.3) is 0 Å². The number of benzene rings is 3. The highest BCUT2D eigenvalue weighted by molar-refractivity contribution is 5.49. The molecule has 1 unspecified atom stereocenters. The molecule has 0 fully saturated rings. The molecule has 5 heteroatoms. The average Bonchev–Trinajstić information content (AvgIpc) is 3.03. The summed E-state index contributed by atoms with van der Waals surface area (Å²) in [5.41, 5.74) is 1.90. The van der Waals surface area contributed by atoms with Crippen molar-refractivity contribution < 1.29 is 24.1 Å². The number of ether oxygens (including phenoxy) is 4. The van der Waals surface area contributed by atoms with Crippen LogP contribution < -0.4 is 9.47 Å². The fraction of sp³-hybridized carbons (Fsp3) is 0.500. The Balaban J connectivity index is 1.61. The van der Waals surface area contributed by atoms with Crippen LogP contribution in [0.4, 0.5) is 0 Å². The monoisotopic (exact) mass is 562 g/mol. The molecule has 224 valence electrons. The van der Waals surface area contributed by atoms with Crippen LogP contribution in [-0.2, 0) is 15.1 Å². The summed E-state index contributed by atoms with van der Waals surface area (Å²) in [5, 5.41) is 10.9. The van der Waals surface area contributed by atoms with E-state index >= 15 is 0 Å². The van der Waals surface area contributed by atoms with Crippen molar-refractivity contribution in [3.8, 4) is 11.5 Å².